The van der Waals surface area contributed by atoms with Gasteiger partial charge in [0.25, 0.3) is 15.9 Å². The maximum atomic E-state index is 12.7. The van der Waals surface area contributed by atoms with Crippen LogP contribution in [0.15, 0.2) is 82.8 Å². The van der Waals surface area contributed by atoms with Crippen molar-refractivity contribution in [3.05, 3.63) is 83.9 Å². The number of hydrogen-bond donors (Lipinski definition) is 3. The van der Waals surface area contributed by atoms with Gasteiger partial charge >= 0.3 is 0 Å². The van der Waals surface area contributed by atoms with Gasteiger partial charge in [0.15, 0.2) is 0 Å². The lowest BCUT2D eigenvalue weighted by Crippen LogP contribution is -2.19. The molecule has 0 atom stereocenters. The molecule has 0 unspecified atom stereocenters. The Bertz CT molecular complexity index is 1190. The lowest BCUT2D eigenvalue weighted by atomic mass is 10.2. The van der Waals surface area contributed by atoms with E-state index in [0.29, 0.717) is 11.3 Å². The van der Waals surface area contributed by atoms with Crippen molar-refractivity contribution in [1.29, 1.82) is 0 Å². The Kier molecular flexibility index (Phi) is 6.33. The van der Waals surface area contributed by atoms with E-state index in [1.165, 1.54) is 49.7 Å². The van der Waals surface area contributed by atoms with E-state index in [4.69, 9.17) is 4.74 Å². The van der Waals surface area contributed by atoms with Crippen LogP contribution in [0, 0.1) is 0 Å². The maximum absolute atomic E-state index is 12.7. The van der Waals surface area contributed by atoms with Crippen LogP contribution in [-0.4, -0.2) is 32.8 Å². The summed E-state index contributed by atoms with van der Waals surface area (Å²) in [5, 5.41) is 13.2. The normalized spacial score (nSPS) is 11.2. The molecule has 0 radical (unpaired) electrons. The second kappa shape index (κ2) is 9.10. The van der Waals surface area contributed by atoms with Crippen molar-refractivity contribution in [2.75, 3.05) is 11.8 Å². The summed E-state index contributed by atoms with van der Waals surface area (Å²) in [5.41, 5.74) is 3.32. The van der Waals surface area contributed by atoms with Gasteiger partial charge in [0.1, 0.15) is 11.5 Å². The number of nitrogens with zero attached hydrogens (tertiary/aromatic N) is 1. The van der Waals surface area contributed by atoms with E-state index in [9.17, 15) is 18.3 Å². The third-order valence-corrected chi connectivity index (χ3v) is 5.37. The van der Waals surface area contributed by atoms with Crippen molar-refractivity contribution in [3.63, 3.8) is 0 Å². The first-order chi connectivity index (χ1) is 14.4. The van der Waals surface area contributed by atoms with E-state index in [0.717, 1.165) is 0 Å². The summed E-state index contributed by atoms with van der Waals surface area (Å²) in [6.45, 7) is 0. The van der Waals surface area contributed by atoms with Crippen LogP contribution in [0.3, 0.4) is 0 Å². The molecule has 154 valence electrons. The number of anilines is 1. The second-order valence-electron chi connectivity index (χ2n) is 6.13. The number of phenolic OH excluding ortho intramolecular Hbond substituents is 1. The van der Waals surface area contributed by atoms with Crippen LogP contribution in [0.25, 0.3) is 0 Å². The highest BCUT2D eigenvalue weighted by atomic mass is 32.2. The first-order valence-corrected chi connectivity index (χ1v) is 10.3. The van der Waals surface area contributed by atoms with Crippen LogP contribution in [0.1, 0.15) is 15.9 Å². The summed E-state index contributed by atoms with van der Waals surface area (Å²) in [6, 6.07) is 18.5. The number of hydrogen-bond acceptors (Lipinski definition) is 6. The number of rotatable bonds is 7. The van der Waals surface area contributed by atoms with Crippen molar-refractivity contribution in [3.8, 4) is 11.5 Å². The number of nitrogens with one attached hydrogen (secondary N) is 2. The fraction of sp³-hybridized carbons (Fsp3) is 0.0476. The van der Waals surface area contributed by atoms with Crippen LogP contribution in [-0.2, 0) is 10.0 Å². The smallest absolute Gasteiger partial charge is 0.271 e. The average Bonchev–Trinajstić information content (AvgIpc) is 2.74. The molecule has 3 N–H and O–H groups in total. The molecule has 0 aliphatic rings. The number of para-hydroxylation sites is 2. The number of aromatic hydroxyl groups is 1. The van der Waals surface area contributed by atoms with Gasteiger partial charge in [-0.1, -0.05) is 30.3 Å². The van der Waals surface area contributed by atoms with Crippen molar-refractivity contribution in [2.24, 2.45) is 5.10 Å². The second-order valence-corrected chi connectivity index (χ2v) is 7.81. The Morgan fingerprint density at radius 1 is 1.03 bits per heavy atom. The number of ether oxygens (including phenoxy) is 1. The molecule has 0 saturated carbocycles. The molecule has 0 aliphatic heterocycles. The Hall–Kier alpha value is -3.85. The summed E-state index contributed by atoms with van der Waals surface area (Å²) < 4.78 is 33.1. The van der Waals surface area contributed by atoms with Gasteiger partial charge in [0, 0.05) is 5.56 Å². The minimum Gasteiger partial charge on any atom is -0.508 e. The molecule has 9 heteroatoms. The average molecular weight is 425 g/mol. The van der Waals surface area contributed by atoms with Gasteiger partial charge in [0.05, 0.1) is 23.9 Å². The van der Waals surface area contributed by atoms with Gasteiger partial charge < -0.3 is 9.84 Å². The first kappa shape index (κ1) is 20.9. The van der Waals surface area contributed by atoms with Crippen molar-refractivity contribution >= 4 is 27.8 Å². The Morgan fingerprint density at radius 2 is 1.80 bits per heavy atom. The molecule has 0 saturated heterocycles. The predicted molar refractivity (Wildman–Crippen MR) is 113 cm³/mol. The van der Waals surface area contributed by atoms with Crippen LogP contribution in [0.5, 0.6) is 11.5 Å². The van der Waals surface area contributed by atoms with Crippen LogP contribution in [0.4, 0.5) is 5.69 Å². The highest BCUT2D eigenvalue weighted by molar-refractivity contribution is 7.92. The monoisotopic (exact) mass is 425 g/mol. The van der Waals surface area contributed by atoms with Crippen molar-refractivity contribution < 1.29 is 23.1 Å². The maximum Gasteiger partial charge on any atom is 0.271 e. The third kappa shape index (κ3) is 5.15. The predicted octanol–water partition coefficient (Wildman–Crippen LogP) is 2.97. The molecule has 3 rings (SSSR count). The standard InChI is InChI=1S/C21H19N3O5S/c1-29-20-11-3-2-10-19(20)24-30(27,28)18-9-5-7-16(13-18)21(26)23-22-14-15-6-4-8-17(25)12-15/h2-14,24-25H,1H3,(H,23,26). The molecule has 1 amide bonds. The Morgan fingerprint density at radius 3 is 2.57 bits per heavy atom. The number of carbonyl (C=O) groups is 1. The van der Waals surface area contributed by atoms with E-state index in [1.54, 1.807) is 36.4 Å². The van der Waals surface area contributed by atoms with E-state index >= 15 is 0 Å². The molecule has 3 aromatic carbocycles. The molecule has 3 aromatic rings. The molecule has 0 fully saturated rings. The number of benzene rings is 3. The molecule has 0 heterocycles. The summed E-state index contributed by atoms with van der Waals surface area (Å²) in [5.74, 6) is -0.136. The highest BCUT2D eigenvalue weighted by Crippen LogP contribution is 2.26. The number of methoxy groups -OCH3 is 1. The largest absolute Gasteiger partial charge is 0.508 e. The number of hydrazone groups is 1. The van der Waals surface area contributed by atoms with Crippen molar-refractivity contribution in [2.45, 2.75) is 4.90 Å². The lowest BCUT2D eigenvalue weighted by molar-refractivity contribution is 0.0955. The van der Waals surface area contributed by atoms with Gasteiger partial charge in [-0.2, -0.15) is 5.10 Å². The molecular weight excluding hydrogens is 406 g/mol. The number of sulfonamides is 1. The third-order valence-electron chi connectivity index (χ3n) is 4.01. The van der Waals surface area contributed by atoms with E-state index < -0.39 is 15.9 Å². The first-order valence-electron chi connectivity index (χ1n) is 8.77. The van der Waals surface area contributed by atoms with Crippen LogP contribution >= 0.6 is 0 Å². The fourth-order valence-electron chi connectivity index (χ4n) is 2.57. The summed E-state index contributed by atoms with van der Waals surface area (Å²) in [7, 11) is -2.51. The Balaban J connectivity index is 1.75. The molecular formula is C21H19N3O5S. The fourth-order valence-corrected chi connectivity index (χ4v) is 3.69. The molecule has 30 heavy (non-hydrogen) atoms. The zero-order valence-electron chi connectivity index (χ0n) is 15.9. The van der Waals surface area contributed by atoms with Gasteiger partial charge in [0.2, 0.25) is 0 Å². The number of amides is 1. The van der Waals surface area contributed by atoms with Crippen molar-refractivity contribution in [1.82, 2.24) is 5.43 Å². The molecule has 0 spiro atoms. The molecule has 0 aromatic heterocycles. The highest BCUT2D eigenvalue weighted by Gasteiger charge is 2.18. The van der Waals surface area contributed by atoms with Gasteiger partial charge in [-0.3, -0.25) is 9.52 Å². The lowest BCUT2D eigenvalue weighted by Gasteiger charge is -2.12. The SMILES string of the molecule is COc1ccccc1NS(=O)(=O)c1cccc(C(=O)NN=Cc2cccc(O)c2)c1. The minimum absolute atomic E-state index is 0.0748. The molecule has 8 nitrogen and oxygen atoms in total. The zero-order chi connectivity index (χ0) is 21.6. The zero-order valence-corrected chi connectivity index (χ0v) is 16.8. The summed E-state index contributed by atoms with van der Waals surface area (Å²) >= 11 is 0. The van der Waals surface area contributed by atoms with Crippen LogP contribution < -0.4 is 14.9 Å². The number of carbonyl (C=O) groups excluding carboxylic acids is 1. The summed E-state index contributed by atoms with van der Waals surface area (Å²) in [4.78, 5) is 12.2. The van der Waals surface area contributed by atoms with Crippen LogP contribution in [0.2, 0.25) is 0 Å². The van der Waals surface area contributed by atoms with E-state index in [2.05, 4.69) is 15.2 Å². The van der Waals surface area contributed by atoms with E-state index in [1.807, 2.05) is 0 Å². The topological polar surface area (TPSA) is 117 Å². The summed E-state index contributed by atoms with van der Waals surface area (Å²) in [6.07, 6.45) is 1.36. The minimum atomic E-state index is -3.95. The number of phenols is 1. The van der Waals surface area contributed by atoms with Gasteiger partial charge in [-0.15, -0.1) is 0 Å². The molecule has 0 aliphatic carbocycles. The Labute approximate surface area is 173 Å². The molecule has 0 bridgehead atoms. The van der Waals surface area contributed by atoms with E-state index in [-0.39, 0.29) is 21.9 Å². The van der Waals surface area contributed by atoms with Gasteiger partial charge in [-0.05, 0) is 48.0 Å². The van der Waals surface area contributed by atoms with Gasteiger partial charge in [-0.25, -0.2) is 13.8 Å². The quantitative estimate of drug-likeness (QED) is 0.397.